The van der Waals surface area contributed by atoms with Crippen LogP contribution in [-0.4, -0.2) is 66.0 Å². The molecule has 2 bridgehead atoms. The van der Waals surface area contributed by atoms with Gasteiger partial charge in [-0.2, -0.15) is 17.2 Å². The van der Waals surface area contributed by atoms with Gasteiger partial charge in [0.15, 0.2) is 6.10 Å². The quantitative estimate of drug-likeness (QED) is 0.271. The van der Waals surface area contributed by atoms with Gasteiger partial charge in [-0.25, -0.2) is 9.59 Å². The van der Waals surface area contributed by atoms with Gasteiger partial charge in [-0.3, -0.25) is 14.1 Å². The number of carbonyl (C=O) groups excluding carboxylic acids is 4. The van der Waals surface area contributed by atoms with Gasteiger partial charge in [0.1, 0.15) is 5.60 Å². The summed E-state index contributed by atoms with van der Waals surface area (Å²) in [7, 11) is -5.82. The van der Waals surface area contributed by atoms with E-state index < -0.39 is 76.0 Å². The summed E-state index contributed by atoms with van der Waals surface area (Å²) >= 11 is 0. The SMILES string of the molecule is CC(OC(=O)CCC(=O)OC1CC(C(=O)OC2(C)CC3CCC2C3)OC1=O)C(F)(F)S(=O)(=O)O. The number of hydrogen-bond donors (Lipinski definition) is 1. The van der Waals surface area contributed by atoms with Crippen molar-refractivity contribution in [1.82, 2.24) is 0 Å². The third-order valence-electron chi connectivity index (χ3n) is 6.58. The predicted molar refractivity (Wildman–Crippen MR) is 106 cm³/mol. The molecule has 0 aromatic heterocycles. The Bertz CT molecular complexity index is 966. The van der Waals surface area contributed by atoms with Gasteiger partial charge in [0.2, 0.25) is 12.2 Å². The molecule has 2 saturated carbocycles. The van der Waals surface area contributed by atoms with Crippen LogP contribution in [0.5, 0.6) is 0 Å². The molecule has 0 spiro atoms. The average Bonchev–Trinajstić information content (AvgIpc) is 3.40. The summed E-state index contributed by atoms with van der Waals surface area (Å²) in [6.07, 6.45) is -3.07. The van der Waals surface area contributed by atoms with Gasteiger partial charge < -0.3 is 18.9 Å². The Hall–Kier alpha value is -2.35. The first kappa shape index (κ1) is 26.3. The Kier molecular flexibility index (Phi) is 7.23. The fraction of sp³-hybridized carbons (Fsp3) is 0.800. The van der Waals surface area contributed by atoms with Crippen LogP contribution in [0.2, 0.25) is 0 Å². The summed E-state index contributed by atoms with van der Waals surface area (Å²) in [5.74, 6) is -3.34. The van der Waals surface area contributed by atoms with Crippen molar-refractivity contribution < 1.29 is 59.9 Å². The average molecular weight is 512 g/mol. The lowest BCUT2D eigenvalue weighted by Gasteiger charge is -2.34. The van der Waals surface area contributed by atoms with E-state index in [0.29, 0.717) is 12.8 Å². The minimum Gasteiger partial charge on any atom is -0.456 e. The van der Waals surface area contributed by atoms with Crippen LogP contribution in [0.15, 0.2) is 0 Å². The molecule has 3 aliphatic rings. The molecule has 1 saturated heterocycles. The minimum absolute atomic E-state index is 0.257. The Morgan fingerprint density at radius 1 is 1.21 bits per heavy atom. The van der Waals surface area contributed by atoms with Crippen molar-refractivity contribution in [1.29, 1.82) is 0 Å². The number of hydrogen-bond acceptors (Lipinski definition) is 10. The van der Waals surface area contributed by atoms with Crippen LogP contribution < -0.4 is 0 Å². The second kappa shape index (κ2) is 9.36. The van der Waals surface area contributed by atoms with Crippen LogP contribution in [0.25, 0.3) is 0 Å². The maximum Gasteiger partial charge on any atom is 0.405 e. The smallest absolute Gasteiger partial charge is 0.405 e. The molecule has 0 aromatic carbocycles. The molecule has 0 amide bonds. The molecule has 1 heterocycles. The summed E-state index contributed by atoms with van der Waals surface area (Å²) in [5.41, 5.74) is -0.620. The van der Waals surface area contributed by atoms with E-state index in [1.165, 1.54) is 0 Å². The third-order valence-corrected chi connectivity index (χ3v) is 7.60. The first-order chi connectivity index (χ1) is 15.6. The van der Waals surface area contributed by atoms with Crippen molar-refractivity contribution in [2.45, 2.75) is 88.0 Å². The van der Waals surface area contributed by atoms with Gasteiger partial charge in [-0.1, -0.05) is 0 Å². The lowest BCUT2D eigenvalue weighted by Crippen LogP contribution is -2.42. The highest BCUT2D eigenvalue weighted by molar-refractivity contribution is 7.86. The Balaban J connectivity index is 1.43. The first-order valence-corrected chi connectivity index (χ1v) is 12.2. The summed E-state index contributed by atoms with van der Waals surface area (Å²) in [6.45, 7) is 2.41. The Morgan fingerprint density at radius 3 is 2.41 bits per heavy atom. The minimum atomic E-state index is -5.82. The highest BCUT2D eigenvalue weighted by atomic mass is 32.2. The fourth-order valence-corrected chi connectivity index (χ4v) is 5.19. The number of cyclic esters (lactones) is 1. The molecule has 0 aromatic rings. The zero-order valence-electron chi connectivity index (χ0n) is 18.5. The molecule has 6 unspecified atom stereocenters. The molecule has 3 rings (SSSR count). The van der Waals surface area contributed by atoms with Gasteiger partial charge in [0.05, 0.1) is 12.8 Å². The fourth-order valence-electron chi connectivity index (χ4n) is 4.73. The molecule has 6 atom stereocenters. The van der Waals surface area contributed by atoms with E-state index >= 15 is 0 Å². The second-order valence-electron chi connectivity index (χ2n) is 9.12. The lowest BCUT2D eigenvalue weighted by atomic mass is 9.85. The number of fused-ring (bicyclic) bond motifs is 2. The van der Waals surface area contributed by atoms with E-state index in [2.05, 4.69) is 4.74 Å². The van der Waals surface area contributed by atoms with Crippen LogP contribution in [0.3, 0.4) is 0 Å². The summed E-state index contributed by atoms with van der Waals surface area (Å²) in [4.78, 5) is 48.1. The summed E-state index contributed by atoms with van der Waals surface area (Å²) in [6, 6.07) is 0. The van der Waals surface area contributed by atoms with Crippen LogP contribution in [0.1, 0.15) is 58.8 Å². The van der Waals surface area contributed by atoms with Crippen molar-refractivity contribution in [3.63, 3.8) is 0 Å². The number of ether oxygens (including phenoxy) is 4. The molecule has 1 aliphatic heterocycles. The molecule has 3 fully saturated rings. The van der Waals surface area contributed by atoms with Crippen LogP contribution in [0.4, 0.5) is 8.78 Å². The molecule has 192 valence electrons. The predicted octanol–water partition coefficient (Wildman–Crippen LogP) is 1.53. The zero-order valence-corrected chi connectivity index (χ0v) is 19.3. The van der Waals surface area contributed by atoms with Gasteiger partial charge in [-0.15, -0.1) is 0 Å². The molecular weight excluding hydrogens is 486 g/mol. The summed E-state index contributed by atoms with van der Waals surface area (Å²) < 4.78 is 76.4. The topological polar surface area (TPSA) is 160 Å². The van der Waals surface area contributed by atoms with Gasteiger partial charge in [-0.05, 0) is 51.4 Å². The number of esters is 4. The normalized spacial score (nSPS) is 31.6. The van der Waals surface area contributed by atoms with Gasteiger partial charge in [0.25, 0.3) is 0 Å². The van der Waals surface area contributed by atoms with Crippen molar-refractivity contribution in [2.75, 3.05) is 0 Å². The van der Waals surface area contributed by atoms with E-state index in [1.807, 2.05) is 6.92 Å². The highest BCUT2D eigenvalue weighted by Gasteiger charge is 2.53. The number of alkyl halides is 2. The molecule has 2 aliphatic carbocycles. The number of rotatable bonds is 9. The maximum atomic E-state index is 13.4. The van der Waals surface area contributed by atoms with E-state index in [9.17, 15) is 36.4 Å². The monoisotopic (exact) mass is 512 g/mol. The Morgan fingerprint density at radius 2 is 1.85 bits per heavy atom. The largest absolute Gasteiger partial charge is 0.456 e. The van der Waals surface area contributed by atoms with Crippen molar-refractivity contribution >= 4 is 34.0 Å². The van der Waals surface area contributed by atoms with Crippen molar-refractivity contribution in [3.05, 3.63) is 0 Å². The standard InChI is InChI=1S/C20H26F2O11S/c1-10(20(21,22)34(27,28)29)30-15(23)5-6-16(24)31-13-8-14(32-17(13)25)18(26)33-19(2)9-11-3-4-12(19)7-11/h10-14H,3-9H2,1-2H3,(H,27,28,29). The zero-order chi connectivity index (χ0) is 25.5. The van der Waals surface area contributed by atoms with Crippen LogP contribution in [-0.2, 0) is 48.2 Å². The Labute approximate surface area is 194 Å². The molecule has 34 heavy (non-hydrogen) atoms. The van der Waals surface area contributed by atoms with Crippen LogP contribution in [0, 0.1) is 11.8 Å². The number of halogens is 2. The third kappa shape index (κ3) is 5.48. The van der Waals surface area contributed by atoms with E-state index in [1.54, 1.807) is 0 Å². The van der Waals surface area contributed by atoms with E-state index in [4.69, 9.17) is 18.8 Å². The van der Waals surface area contributed by atoms with Gasteiger partial charge in [0, 0.05) is 6.42 Å². The first-order valence-electron chi connectivity index (χ1n) is 10.8. The molecule has 1 N–H and O–H groups in total. The van der Waals surface area contributed by atoms with Crippen molar-refractivity contribution in [2.24, 2.45) is 11.8 Å². The molecule has 14 heteroatoms. The number of carbonyl (C=O) groups is 4. The molecular formula is C20H26F2O11S. The summed E-state index contributed by atoms with van der Waals surface area (Å²) in [5, 5.41) is -4.74. The van der Waals surface area contributed by atoms with E-state index in [0.717, 1.165) is 25.7 Å². The highest BCUT2D eigenvalue weighted by Crippen LogP contribution is 2.52. The molecule has 0 radical (unpaired) electrons. The van der Waals surface area contributed by atoms with E-state index in [-0.39, 0.29) is 12.3 Å². The van der Waals surface area contributed by atoms with Crippen molar-refractivity contribution in [3.8, 4) is 0 Å². The second-order valence-corrected chi connectivity index (χ2v) is 10.6. The van der Waals surface area contributed by atoms with Crippen LogP contribution >= 0.6 is 0 Å². The molecule has 11 nitrogen and oxygen atoms in total. The van der Waals surface area contributed by atoms with Gasteiger partial charge >= 0.3 is 39.2 Å². The maximum absolute atomic E-state index is 13.4. The lowest BCUT2D eigenvalue weighted by molar-refractivity contribution is -0.177.